The van der Waals surface area contributed by atoms with Crippen molar-refractivity contribution in [3.8, 4) is 0 Å². The molecule has 1 heterocycles. The molecule has 1 aliphatic rings. The van der Waals surface area contributed by atoms with Gasteiger partial charge in [-0.1, -0.05) is 36.4 Å². The van der Waals surface area contributed by atoms with E-state index in [2.05, 4.69) is 17.0 Å². The topological polar surface area (TPSA) is 30.7 Å². The summed E-state index contributed by atoms with van der Waals surface area (Å²) in [6, 6.07) is 4.71. The molecule has 1 aromatic heterocycles. The van der Waals surface area contributed by atoms with Gasteiger partial charge in [0.1, 0.15) is 12.1 Å². The Labute approximate surface area is 139 Å². The highest BCUT2D eigenvalue weighted by Crippen LogP contribution is 2.45. The normalized spacial score (nSPS) is 17.5. The second kappa shape index (κ2) is 6.59. The highest BCUT2D eigenvalue weighted by atomic mass is 35.5. The lowest BCUT2D eigenvalue weighted by Crippen LogP contribution is -2.20. The molecular weight excluding hydrogens is 321 g/mol. The molecule has 2 unspecified atom stereocenters. The largest absolute Gasteiger partial charge is 0.240 e. The molecule has 0 saturated heterocycles. The summed E-state index contributed by atoms with van der Waals surface area (Å²) in [5.74, 6) is 1.14. The maximum Gasteiger partial charge on any atom is 0.185 e. The predicted molar refractivity (Wildman–Crippen MR) is 87.8 cm³/mol. The molecule has 3 nitrogen and oxygen atoms in total. The number of benzene rings is 1. The summed E-state index contributed by atoms with van der Waals surface area (Å²) in [5, 5.41) is 5.73. The summed E-state index contributed by atoms with van der Waals surface area (Å²) >= 11 is 7.89. The first-order chi connectivity index (χ1) is 10.6. The molecular formula is C16H19ClFN3S. The number of hydrogen-bond donors (Lipinski definition) is 0. The first kappa shape index (κ1) is 15.8. The molecule has 0 N–H and O–H groups in total. The predicted octanol–water partition coefficient (Wildman–Crippen LogP) is 4.62. The fourth-order valence-corrected chi connectivity index (χ4v) is 3.82. The fraction of sp³-hybridized carbons (Fsp3) is 0.500. The zero-order valence-electron chi connectivity index (χ0n) is 12.7. The van der Waals surface area contributed by atoms with Crippen LogP contribution in [0.15, 0.2) is 29.7 Å². The highest BCUT2D eigenvalue weighted by Gasteiger charge is 2.35. The van der Waals surface area contributed by atoms with E-state index in [9.17, 15) is 4.39 Å². The fourth-order valence-electron chi connectivity index (χ4n) is 3.02. The van der Waals surface area contributed by atoms with Gasteiger partial charge in [-0.2, -0.15) is 5.10 Å². The van der Waals surface area contributed by atoms with Crippen LogP contribution in [0.5, 0.6) is 0 Å². The van der Waals surface area contributed by atoms with Crippen LogP contribution in [0, 0.1) is 17.7 Å². The quantitative estimate of drug-likeness (QED) is 0.719. The number of aromatic nitrogens is 3. The molecule has 1 aromatic carbocycles. The Balaban J connectivity index is 1.93. The zero-order chi connectivity index (χ0) is 15.7. The molecule has 6 heteroatoms. The Bertz CT molecular complexity index is 657. The van der Waals surface area contributed by atoms with Gasteiger partial charge in [0, 0.05) is 10.9 Å². The van der Waals surface area contributed by atoms with Crippen LogP contribution in [-0.4, -0.2) is 21.0 Å². The first-order valence-electron chi connectivity index (χ1n) is 7.47. The molecule has 22 heavy (non-hydrogen) atoms. The second-order valence-electron chi connectivity index (χ2n) is 5.90. The van der Waals surface area contributed by atoms with Crippen molar-refractivity contribution in [1.82, 2.24) is 14.8 Å². The maximum atomic E-state index is 13.4. The lowest BCUT2D eigenvalue weighted by atomic mass is 9.84. The van der Waals surface area contributed by atoms with Crippen molar-refractivity contribution >= 4 is 23.4 Å². The number of nitrogens with zero attached hydrogens (tertiary/aromatic N) is 3. The van der Waals surface area contributed by atoms with Gasteiger partial charge in [-0.15, -0.1) is 0 Å². The van der Waals surface area contributed by atoms with Gasteiger partial charge in [0.25, 0.3) is 0 Å². The molecule has 2 atom stereocenters. The van der Waals surface area contributed by atoms with Gasteiger partial charge < -0.3 is 0 Å². The third-order valence-corrected chi connectivity index (χ3v) is 5.50. The van der Waals surface area contributed by atoms with E-state index in [4.69, 9.17) is 11.6 Å². The van der Waals surface area contributed by atoms with Crippen LogP contribution < -0.4 is 0 Å². The first-order valence-corrected chi connectivity index (χ1v) is 9.07. The van der Waals surface area contributed by atoms with Crippen molar-refractivity contribution in [1.29, 1.82) is 0 Å². The van der Waals surface area contributed by atoms with Crippen LogP contribution in [0.4, 0.5) is 4.39 Å². The Kier molecular flexibility index (Phi) is 4.73. The second-order valence-corrected chi connectivity index (χ2v) is 7.08. The summed E-state index contributed by atoms with van der Waals surface area (Å²) < 4.78 is 15.3. The van der Waals surface area contributed by atoms with E-state index >= 15 is 0 Å². The molecule has 2 aromatic rings. The van der Waals surface area contributed by atoms with E-state index in [0.717, 1.165) is 23.2 Å². The van der Waals surface area contributed by atoms with Crippen molar-refractivity contribution in [3.63, 3.8) is 0 Å². The van der Waals surface area contributed by atoms with E-state index in [0.29, 0.717) is 10.9 Å². The standard InChI is InChI=1S/C16H19ClFN3S/c1-10(11-3-4-11)14(8-21-16(22-2)19-9-20-21)13-6-5-12(18)7-15(13)17/h5-7,9-11,14H,3-4,8H2,1-2H3. The summed E-state index contributed by atoms with van der Waals surface area (Å²) in [6.07, 6.45) is 6.11. The third-order valence-electron chi connectivity index (χ3n) is 4.49. The van der Waals surface area contributed by atoms with Gasteiger partial charge in [-0.25, -0.2) is 14.1 Å². The number of thioether (sulfide) groups is 1. The molecule has 0 amide bonds. The summed E-state index contributed by atoms with van der Waals surface area (Å²) in [7, 11) is 0. The molecule has 3 rings (SSSR count). The zero-order valence-corrected chi connectivity index (χ0v) is 14.2. The molecule has 1 fully saturated rings. The summed E-state index contributed by atoms with van der Waals surface area (Å²) in [5.41, 5.74) is 1.00. The van der Waals surface area contributed by atoms with Crippen LogP contribution in [0.1, 0.15) is 31.2 Å². The Morgan fingerprint density at radius 1 is 1.45 bits per heavy atom. The molecule has 0 radical (unpaired) electrons. The van der Waals surface area contributed by atoms with Crippen LogP contribution >= 0.6 is 23.4 Å². The Hall–Kier alpha value is -1.07. The summed E-state index contributed by atoms with van der Waals surface area (Å²) in [4.78, 5) is 4.26. The van der Waals surface area contributed by atoms with Crippen LogP contribution in [-0.2, 0) is 6.54 Å². The molecule has 118 valence electrons. The highest BCUT2D eigenvalue weighted by molar-refractivity contribution is 7.98. The van der Waals surface area contributed by atoms with Gasteiger partial charge in [0.2, 0.25) is 0 Å². The lowest BCUT2D eigenvalue weighted by molar-refractivity contribution is 0.345. The van der Waals surface area contributed by atoms with E-state index in [1.807, 2.05) is 17.0 Å². The number of hydrogen-bond acceptors (Lipinski definition) is 3. The SMILES string of the molecule is CSc1ncnn1CC(c1ccc(F)cc1Cl)C(C)C1CC1. The minimum atomic E-state index is -0.294. The van der Waals surface area contributed by atoms with Gasteiger partial charge >= 0.3 is 0 Å². The Morgan fingerprint density at radius 3 is 2.86 bits per heavy atom. The average molecular weight is 340 g/mol. The van der Waals surface area contributed by atoms with Crippen molar-refractivity contribution < 1.29 is 4.39 Å². The molecule has 0 spiro atoms. The minimum absolute atomic E-state index is 0.216. The average Bonchev–Trinajstić information content (AvgIpc) is 3.24. The van der Waals surface area contributed by atoms with Crippen molar-refractivity contribution in [2.75, 3.05) is 6.26 Å². The van der Waals surface area contributed by atoms with E-state index in [1.54, 1.807) is 18.1 Å². The molecule has 0 aliphatic heterocycles. The van der Waals surface area contributed by atoms with Crippen molar-refractivity contribution in [2.45, 2.75) is 37.4 Å². The van der Waals surface area contributed by atoms with Gasteiger partial charge in [0.05, 0.1) is 6.54 Å². The van der Waals surface area contributed by atoms with Crippen LogP contribution in [0.2, 0.25) is 5.02 Å². The molecule has 0 bridgehead atoms. The maximum absolute atomic E-state index is 13.4. The van der Waals surface area contributed by atoms with Crippen molar-refractivity contribution in [3.05, 3.63) is 40.9 Å². The van der Waals surface area contributed by atoms with Gasteiger partial charge in [0.15, 0.2) is 5.16 Å². The monoisotopic (exact) mass is 339 g/mol. The van der Waals surface area contributed by atoms with E-state index < -0.39 is 0 Å². The molecule has 1 aliphatic carbocycles. The van der Waals surface area contributed by atoms with Crippen LogP contribution in [0.25, 0.3) is 0 Å². The van der Waals surface area contributed by atoms with E-state index in [1.165, 1.54) is 25.0 Å². The van der Waals surface area contributed by atoms with Crippen molar-refractivity contribution in [2.24, 2.45) is 11.8 Å². The van der Waals surface area contributed by atoms with Gasteiger partial charge in [-0.3, -0.25) is 0 Å². The smallest absolute Gasteiger partial charge is 0.185 e. The van der Waals surface area contributed by atoms with E-state index in [-0.39, 0.29) is 11.7 Å². The lowest BCUT2D eigenvalue weighted by Gasteiger charge is -2.25. The Morgan fingerprint density at radius 2 is 2.23 bits per heavy atom. The van der Waals surface area contributed by atoms with Crippen LogP contribution in [0.3, 0.4) is 0 Å². The number of halogens is 2. The minimum Gasteiger partial charge on any atom is -0.240 e. The number of rotatable bonds is 6. The molecule has 1 saturated carbocycles. The van der Waals surface area contributed by atoms with Gasteiger partial charge in [-0.05, 0) is 48.6 Å². The third kappa shape index (κ3) is 3.30. The summed E-state index contributed by atoms with van der Waals surface area (Å²) in [6.45, 7) is 2.98.